The Morgan fingerprint density at radius 2 is 2.00 bits per heavy atom. The van der Waals surface area contributed by atoms with E-state index in [9.17, 15) is 9.59 Å². The van der Waals surface area contributed by atoms with E-state index in [0.29, 0.717) is 19.8 Å². The van der Waals surface area contributed by atoms with Crippen LogP contribution in [0.25, 0.3) is 0 Å². The zero-order valence-corrected chi connectivity index (χ0v) is 12.4. The molecule has 0 saturated carbocycles. The van der Waals surface area contributed by atoms with Crippen molar-refractivity contribution in [1.82, 2.24) is 5.32 Å². The highest BCUT2D eigenvalue weighted by atomic mass is 16.6. The van der Waals surface area contributed by atoms with Gasteiger partial charge in [-0.05, 0) is 20.8 Å². The second-order valence-corrected chi connectivity index (χ2v) is 6.36. The SMILES string of the molecule is CC1(COC[C@H](NC(=O)OC(C)(C)C)C(=O)O)COC1. The van der Waals surface area contributed by atoms with Crippen molar-refractivity contribution in [3.8, 4) is 0 Å². The Morgan fingerprint density at radius 1 is 1.40 bits per heavy atom. The summed E-state index contributed by atoms with van der Waals surface area (Å²) in [6, 6.07) is -1.13. The van der Waals surface area contributed by atoms with Crippen LogP contribution in [-0.4, -0.2) is 55.2 Å². The summed E-state index contributed by atoms with van der Waals surface area (Å²) in [7, 11) is 0. The van der Waals surface area contributed by atoms with Gasteiger partial charge in [-0.15, -0.1) is 0 Å². The molecule has 0 aliphatic carbocycles. The van der Waals surface area contributed by atoms with Gasteiger partial charge in [0, 0.05) is 5.41 Å². The van der Waals surface area contributed by atoms with E-state index in [-0.39, 0.29) is 12.0 Å². The van der Waals surface area contributed by atoms with Crippen molar-refractivity contribution in [2.45, 2.75) is 39.3 Å². The van der Waals surface area contributed by atoms with Crippen molar-refractivity contribution in [2.75, 3.05) is 26.4 Å². The van der Waals surface area contributed by atoms with Crippen LogP contribution >= 0.6 is 0 Å². The molecule has 1 amide bonds. The lowest BCUT2D eigenvalue weighted by Crippen LogP contribution is -2.48. The fourth-order valence-corrected chi connectivity index (χ4v) is 1.58. The van der Waals surface area contributed by atoms with Crippen LogP contribution in [0.4, 0.5) is 4.79 Å². The molecule has 0 aromatic rings. The first kappa shape index (κ1) is 16.7. The summed E-state index contributed by atoms with van der Waals surface area (Å²) in [6.45, 7) is 8.60. The molecule has 0 unspecified atom stereocenters. The van der Waals surface area contributed by atoms with E-state index in [0.717, 1.165) is 0 Å². The molecule has 1 atom stereocenters. The molecule has 1 heterocycles. The number of alkyl carbamates (subject to hydrolysis) is 1. The van der Waals surface area contributed by atoms with Crippen LogP contribution in [0.15, 0.2) is 0 Å². The van der Waals surface area contributed by atoms with Crippen LogP contribution in [0.3, 0.4) is 0 Å². The maximum Gasteiger partial charge on any atom is 0.408 e. The highest BCUT2D eigenvalue weighted by Crippen LogP contribution is 2.26. The lowest BCUT2D eigenvalue weighted by molar-refractivity contribution is -0.149. The van der Waals surface area contributed by atoms with Crippen molar-refractivity contribution >= 4 is 12.1 Å². The first-order chi connectivity index (χ1) is 9.11. The minimum Gasteiger partial charge on any atom is -0.480 e. The van der Waals surface area contributed by atoms with Crippen LogP contribution in [0.1, 0.15) is 27.7 Å². The van der Waals surface area contributed by atoms with E-state index in [2.05, 4.69) is 5.32 Å². The Kier molecular flexibility index (Phi) is 5.35. The summed E-state index contributed by atoms with van der Waals surface area (Å²) in [5, 5.41) is 11.3. The van der Waals surface area contributed by atoms with E-state index < -0.39 is 23.7 Å². The summed E-state index contributed by atoms with van der Waals surface area (Å²) in [5.74, 6) is -1.16. The molecule has 0 radical (unpaired) electrons. The molecule has 1 aliphatic rings. The zero-order valence-electron chi connectivity index (χ0n) is 12.4. The lowest BCUT2D eigenvalue weighted by Gasteiger charge is -2.37. The van der Waals surface area contributed by atoms with Gasteiger partial charge in [-0.3, -0.25) is 0 Å². The van der Waals surface area contributed by atoms with E-state index in [1.807, 2.05) is 6.92 Å². The highest BCUT2D eigenvalue weighted by molar-refractivity contribution is 5.80. The van der Waals surface area contributed by atoms with Crippen LogP contribution in [-0.2, 0) is 19.0 Å². The molecule has 1 rings (SSSR count). The molecule has 1 aliphatic heterocycles. The fourth-order valence-electron chi connectivity index (χ4n) is 1.58. The number of hydrogen-bond acceptors (Lipinski definition) is 5. The molecule has 7 nitrogen and oxygen atoms in total. The van der Waals surface area contributed by atoms with E-state index in [1.165, 1.54) is 0 Å². The summed E-state index contributed by atoms with van der Waals surface area (Å²) in [4.78, 5) is 22.6. The van der Waals surface area contributed by atoms with Gasteiger partial charge in [0.25, 0.3) is 0 Å². The third-order valence-corrected chi connectivity index (χ3v) is 2.63. The number of hydrogen-bond donors (Lipinski definition) is 2. The van der Waals surface area contributed by atoms with Gasteiger partial charge in [-0.25, -0.2) is 9.59 Å². The maximum absolute atomic E-state index is 11.5. The summed E-state index contributed by atoms with van der Waals surface area (Å²) >= 11 is 0. The largest absolute Gasteiger partial charge is 0.480 e. The number of carboxylic acid groups (broad SMARTS) is 1. The second-order valence-electron chi connectivity index (χ2n) is 6.36. The van der Waals surface area contributed by atoms with Gasteiger partial charge in [0.05, 0.1) is 26.4 Å². The molecule has 0 spiro atoms. The average molecular weight is 289 g/mol. The minimum absolute atomic E-state index is 0.0605. The molecular formula is C13H23NO6. The normalized spacial score (nSPS) is 18.8. The molecule has 20 heavy (non-hydrogen) atoms. The molecule has 2 N–H and O–H groups in total. The zero-order chi connectivity index (χ0) is 15.4. The Bertz CT molecular complexity index is 358. The summed E-state index contributed by atoms with van der Waals surface area (Å²) in [6.07, 6.45) is -0.772. The topological polar surface area (TPSA) is 94.1 Å². The fraction of sp³-hybridized carbons (Fsp3) is 0.846. The predicted octanol–water partition coefficient (Wildman–Crippen LogP) is 1.02. The molecule has 7 heteroatoms. The van der Waals surface area contributed by atoms with E-state index >= 15 is 0 Å². The summed E-state index contributed by atoms with van der Waals surface area (Å²) in [5.41, 5.74) is -0.736. The van der Waals surface area contributed by atoms with Gasteiger partial charge in [-0.2, -0.15) is 0 Å². The standard InChI is InChI=1S/C13H23NO6/c1-12(2,3)20-11(17)14-9(10(15)16)5-18-6-13(4)7-19-8-13/h9H,5-8H2,1-4H3,(H,14,17)(H,15,16)/t9-/m0/s1. The molecule has 0 aromatic heterocycles. The number of aliphatic carboxylic acids is 1. The van der Waals surface area contributed by atoms with Gasteiger partial charge >= 0.3 is 12.1 Å². The average Bonchev–Trinajstić information content (AvgIpc) is 2.22. The van der Waals surface area contributed by atoms with Gasteiger partial charge in [-0.1, -0.05) is 6.92 Å². The smallest absolute Gasteiger partial charge is 0.408 e. The van der Waals surface area contributed by atoms with Crippen molar-refractivity contribution in [3.63, 3.8) is 0 Å². The molecule has 116 valence electrons. The monoisotopic (exact) mass is 289 g/mol. The van der Waals surface area contributed by atoms with Crippen molar-refractivity contribution in [1.29, 1.82) is 0 Å². The lowest BCUT2D eigenvalue weighted by atomic mass is 9.90. The number of carbonyl (C=O) groups excluding carboxylic acids is 1. The molecule has 0 aromatic carbocycles. The number of carbonyl (C=O) groups is 2. The number of nitrogens with one attached hydrogen (secondary N) is 1. The van der Waals surface area contributed by atoms with E-state index in [1.54, 1.807) is 20.8 Å². The van der Waals surface area contributed by atoms with Crippen molar-refractivity contribution in [3.05, 3.63) is 0 Å². The maximum atomic E-state index is 11.5. The summed E-state index contributed by atoms with van der Waals surface area (Å²) < 4.78 is 15.4. The Morgan fingerprint density at radius 3 is 2.40 bits per heavy atom. The van der Waals surface area contributed by atoms with Crippen molar-refractivity contribution in [2.24, 2.45) is 5.41 Å². The first-order valence-corrected chi connectivity index (χ1v) is 6.49. The third kappa shape index (κ3) is 5.75. The number of amides is 1. The Hall–Kier alpha value is -1.34. The number of rotatable bonds is 6. The minimum atomic E-state index is -1.16. The van der Waals surface area contributed by atoms with E-state index in [4.69, 9.17) is 19.3 Å². The van der Waals surface area contributed by atoms with Gasteiger partial charge in [0.15, 0.2) is 6.04 Å². The van der Waals surface area contributed by atoms with Crippen LogP contribution in [0.5, 0.6) is 0 Å². The molecular weight excluding hydrogens is 266 g/mol. The molecule has 1 saturated heterocycles. The third-order valence-electron chi connectivity index (χ3n) is 2.63. The second kappa shape index (κ2) is 6.41. The van der Waals surface area contributed by atoms with Crippen LogP contribution < -0.4 is 5.32 Å². The predicted molar refractivity (Wildman–Crippen MR) is 70.5 cm³/mol. The van der Waals surface area contributed by atoms with Crippen molar-refractivity contribution < 1.29 is 28.9 Å². The quantitative estimate of drug-likeness (QED) is 0.758. The Balaban J connectivity index is 2.36. The van der Waals surface area contributed by atoms with Crippen LogP contribution in [0.2, 0.25) is 0 Å². The first-order valence-electron chi connectivity index (χ1n) is 6.49. The van der Waals surface area contributed by atoms with Crippen LogP contribution in [0, 0.1) is 5.41 Å². The van der Waals surface area contributed by atoms with Gasteiger partial charge < -0.3 is 24.6 Å². The van der Waals surface area contributed by atoms with Gasteiger partial charge in [0.1, 0.15) is 5.60 Å². The number of ether oxygens (including phenoxy) is 3. The Labute approximate surface area is 118 Å². The highest BCUT2D eigenvalue weighted by Gasteiger charge is 2.34. The molecule has 0 bridgehead atoms. The number of carboxylic acids is 1. The van der Waals surface area contributed by atoms with Gasteiger partial charge in [0.2, 0.25) is 0 Å². The molecule has 1 fully saturated rings.